The largest absolute Gasteiger partial charge is 0.448 e. The molecule has 1 atom stereocenters. The summed E-state index contributed by atoms with van der Waals surface area (Å²) in [5.74, 6) is 0.970. The van der Waals surface area contributed by atoms with Gasteiger partial charge in [0.05, 0.1) is 11.7 Å². The number of nitrogens with zero attached hydrogens (tertiary/aromatic N) is 4. The predicted octanol–water partition coefficient (Wildman–Crippen LogP) is 1.78. The quantitative estimate of drug-likeness (QED) is 0.926. The summed E-state index contributed by atoms with van der Waals surface area (Å²) in [5, 5.41) is 2.87. The highest BCUT2D eigenvalue weighted by molar-refractivity contribution is 5.91. The molecule has 0 aliphatic carbocycles. The molecule has 0 saturated carbocycles. The number of amides is 1. The first-order chi connectivity index (χ1) is 11.0. The molecule has 122 valence electrons. The van der Waals surface area contributed by atoms with Gasteiger partial charge in [0.2, 0.25) is 0 Å². The number of rotatable bonds is 4. The smallest absolute Gasteiger partial charge is 0.273 e. The summed E-state index contributed by atoms with van der Waals surface area (Å²) in [6.45, 7) is 5.04. The Morgan fingerprint density at radius 1 is 1.43 bits per heavy atom. The predicted molar refractivity (Wildman–Crippen MR) is 83.8 cm³/mol. The van der Waals surface area contributed by atoms with Crippen LogP contribution in [0.5, 0.6) is 0 Å². The zero-order valence-corrected chi connectivity index (χ0v) is 13.7. The number of hydrogen-bond acceptors (Lipinski definition) is 6. The normalized spacial score (nSPS) is 18.3. The number of likely N-dealkylation sites (tertiary alicyclic amines) is 1. The summed E-state index contributed by atoms with van der Waals surface area (Å²) < 4.78 is 5.07. The lowest BCUT2D eigenvalue weighted by atomic mass is 10.1. The van der Waals surface area contributed by atoms with Crippen molar-refractivity contribution >= 4 is 5.91 Å². The van der Waals surface area contributed by atoms with Crippen LogP contribution in [-0.2, 0) is 6.54 Å². The minimum absolute atomic E-state index is 0.256. The zero-order valence-electron chi connectivity index (χ0n) is 13.7. The van der Waals surface area contributed by atoms with Crippen molar-refractivity contribution in [3.8, 4) is 0 Å². The lowest BCUT2D eigenvalue weighted by molar-refractivity contribution is 0.0945. The Hall–Kier alpha value is -2.28. The summed E-state index contributed by atoms with van der Waals surface area (Å²) in [4.78, 5) is 27.3. The van der Waals surface area contributed by atoms with Gasteiger partial charge in [0, 0.05) is 25.2 Å². The number of aromatic nitrogens is 3. The molecule has 23 heavy (non-hydrogen) atoms. The summed E-state index contributed by atoms with van der Waals surface area (Å²) in [5.41, 5.74) is 2.24. The van der Waals surface area contributed by atoms with Crippen molar-refractivity contribution in [3.05, 3.63) is 41.1 Å². The minimum atomic E-state index is -0.256. The van der Waals surface area contributed by atoms with Crippen LogP contribution >= 0.6 is 0 Å². The number of oxazole rings is 1. The third kappa shape index (κ3) is 3.39. The summed E-state index contributed by atoms with van der Waals surface area (Å²) >= 11 is 0. The Bertz CT molecular complexity index is 712. The first-order valence-electron chi connectivity index (χ1n) is 7.77. The molecule has 1 aliphatic rings. The van der Waals surface area contributed by atoms with E-state index in [1.165, 1.54) is 6.26 Å². The van der Waals surface area contributed by atoms with Gasteiger partial charge in [-0.05, 0) is 33.4 Å². The van der Waals surface area contributed by atoms with Crippen LogP contribution in [0.15, 0.2) is 16.9 Å². The highest BCUT2D eigenvalue weighted by Gasteiger charge is 2.26. The van der Waals surface area contributed by atoms with E-state index >= 15 is 0 Å². The lowest BCUT2D eigenvalue weighted by Crippen LogP contribution is -2.26. The molecule has 3 rings (SSSR count). The molecule has 1 saturated heterocycles. The zero-order chi connectivity index (χ0) is 16.4. The molecule has 2 aromatic heterocycles. The van der Waals surface area contributed by atoms with Crippen LogP contribution < -0.4 is 5.32 Å². The number of carbonyl (C=O) groups excluding carboxylic acids is 1. The van der Waals surface area contributed by atoms with Gasteiger partial charge in [0.1, 0.15) is 12.1 Å². The standard InChI is InChI=1S/C16H21N5O2/c1-10-17-7-12(15(19-10)14-5-4-6-21(14)3)8-18-16(22)13-9-23-11(2)20-13/h7,9,14H,4-6,8H2,1-3H3,(H,18,22)/t14-/m0/s1. The van der Waals surface area contributed by atoms with Crippen LogP contribution in [0.1, 0.15) is 52.3 Å². The molecule has 1 N–H and O–H groups in total. The lowest BCUT2D eigenvalue weighted by Gasteiger charge is -2.21. The van der Waals surface area contributed by atoms with Crippen LogP contribution in [0.3, 0.4) is 0 Å². The third-order valence-electron chi connectivity index (χ3n) is 4.15. The molecule has 1 amide bonds. The molecule has 0 spiro atoms. The van der Waals surface area contributed by atoms with E-state index in [0.717, 1.165) is 36.5 Å². The van der Waals surface area contributed by atoms with Crippen molar-refractivity contribution < 1.29 is 9.21 Å². The third-order valence-corrected chi connectivity index (χ3v) is 4.15. The summed E-state index contributed by atoms with van der Waals surface area (Å²) in [6.07, 6.45) is 5.41. The topological polar surface area (TPSA) is 84.2 Å². The molecule has 7 heteroatoms. The fraction of sp³-hybridized carbons (Fsp3) is 0.500. The van der Waals surface area contributed by atoms with Crippen molar-refractivity contribution in [2.24, 2.45) is 0 Å². The molecule has 2 aromatic rings. The van der Waals surface area contributed by atoms with E-state index in [1.54, 1.807) is 13.1 Å². The van der Waals surface area contributed by atoms with Gasteiger partial charge in [0.15, 0.2) is 11.6 Å². The van der Waals surface area contributed by atoms with Crippen molar-refractivity contribution in [2.75, 3.05) is 13.6 Å². The Labute approximate surface area is 135 Å². The number of hydrogen-bond donors (Lipinski definition) is 1. The second-order valence-electron chi connectivity index (χ2n) is 5.90. The van der Waals surface area contributed by atoms with Gasteiger partial charge in [0.25, 0.3) is 5.91 Å². The molecule has 0 aromatic carbocycles. The second-order valence-corrected chi connectivity index (χ2v) is 5.90. The summed E-state index contributed by atoms with van der Waals surface area (Å²) in [6, 6.07) is 0.290. The maximum atomic E-state index is 12.1. The Morgan fingerprint density at radius 3 is 2.91 bits per heavy atom. The number of carbonyl (C=O) groups is 1. The van der Waals surface area contributed by atoms with E-state index in [-0.39, 0.29) is 17.6 Å². The van der Waals surface area contributed by atoms with Gasteiger partial charge in [-0.15, -0.1) is 0 Å². The van der Waals surface area contributed by atoms with Gasteiger partial charge in [-0.3, -0.25) is 9.69 Å². The van der Waals surface area contributed by atoms with Crippen molar-refractivity contribution in [1.82, 2.24) is 25.2 Å². The van der Waals surface area contributed by atoms with E-state index in [2.05, 4.69) is 32.2 Å². The first kappa shape index (κ1) is 15.6. The molecule has 0 unspecified atom stereocenters. The highest BCUT2D eigenvalue weighted by atomic mass is 16.3. The van der Waals surface area contributed by atoms with Gasteiger partial charge in [-0.1, -0.05) is 0 Å². The number of nitrogens with one attached hydrogen (secondary N) is 1. The number of aryl methyl sites for hydroxylation is 2. The molecule has 7 nitrogen and oxygen atoms in total. The van der Waals surface area contributed by atoms with Gasteiger partial charge in [-0.25, -0.2) is 15.0 Å². The Balaban J connectivity index is 1.76. The minimum Gasteiger partial charge on any atom is -0.448 e. The van der Waals surface area contributed by atoms with E-state index < -0.39 is 0 Å². The maximum absolute atomic E-state index is 12.1. The molecular formula is C16H21N5O2. The molecule has 0 radical (unpaired) electrons. The Kier molecular flexibility index (Phi) is 4.38. The SMILES string of the molecule is Cc1ncc(CNC(=O)c2coc(C)n2)c([C@@H]2CCCN2C)n1. The fourth-order valence-corrected chi connectivity index (χ4v) is 2.93. The second kappa shape index (κ2) is 6.45. The van der Waals surface area contributed by atoms with Crippen molar-refractivity contribution in [2.45, 2.75) is 39.3 Å². The molecule has 1 aliphatic heterocycles. The molecule has 3 heterocycles. The average molecular weight is 315 g/mol. The van der Waals surface area contributed by atoms with Crippen LogP contribution in [0.2, 0.25) is 0 Å². The van der Waals surface area contributed by atoms with E-state index in [1.807, 2.05) is 6.92 Å². The van der Waals surface area contributed by atoms with E-state index in [9.17, 15) is 4.79 Å². The monoisotopic (exact) mass is 315 g/mol. The van der Waals surface area contributed by atoms with Crippen molar-refractivity contribution in [3.63, 3.8) is 0 Å². The van der Waals surface area contributed by atoms with Gasteiger partial charge in [-0.2, -0.15) is 0 Å². The van der Waals surface area contributed by atoms with Crippen LogP contribution in [0.4, 0.5) is 0 Å². The molecule has 0 bridgehead atoms. The molecular weight excluding hydrogens is 294 g/mol. The van der Waals surface area contributed by atoms with Crippen molar-refractivity contribution in [1.29, 1.82) is 0 Å². The maximum Gasteiger partial charge on any atom is 0.273 e. The first-order valence-corrected chi connectivity index (χ1v) is 7.77. The average Bonchev–Trinajstić information content (AvgIpc) is 3.14. The van der Waals surface area contributed by atoms with E-state index in [4.69, 9.17) is 4.42 Å². The van der Waals surface area contributed by atoms with Crippen LogP contribution in [-0.4, -0.2) is 39.4 Å². The van der Waals surface area contributed by atoms with Gasteiger partial charge < -0.3 is 9.73 Å². The molecule has 1 fully saturated rings. The highest BCUT2D eigenvalue weighted by Crippen LogP contribution is 2.31. The fourth-order valence-electron chi connectivity index (χ4n) is 2.93. The Morgan fingerprint density at radius 2 is 2.26 bits per heavy atom. The van der Waals surface area contributed by atoms with Gasteiger partial charge >= 0.3 is 0 Å². The van der Waals surface area contributed by atoms with E-state index in [0.29, 0.717) is 12.4 Å². The van der Waals surface area contributed by atoms with Crippen LogP contribution in [0.25, 0.3) is 0 Å². The summed E-state index contributed by atoms with van der Waals surface area (Å²) in [7, 11) is 2.11. The van der Waals surface area contributed by atoms with Crippen LogP contribution in [0, 0.1) is 13.8 Å².